The van der Waals surface area contributed by atoms with Gasteiger partial charge in [0.1, 0.15) is 0 Å². The number of carbonyl (C=O) groups is 1. The van der Waals surface area contributed by atoms with Crippen LogP contribution in [0.5, 0.6) is 0 Å². The van der Waals surface area contributed by atoms with E-state index in [1.54, 1.807) is 25.4 Å². The van der Waals surface area contributed by atoms with Gasteiger partial charge in [-0.05, 0) is 38.2 Å². The first-order valence-electron chi connectivity index (χ1n) is 7.12. The molecule has 1 aliphatic carbocycles. The van der Waals surface area contributed by atoms with E-state index in [0.717, 1.165) is 24.8 Å². The molecule has 20 heavy (non-hydrogen) atoms. The Morgan fingerprint density at radius 3 is 3.00 bits per heavy atom. The number of amides is 1. The van der Waals surface area contributed by atoms with Crippen LogP contribution in [0, 0.1) is 0 Å². The summed E-state index contributed by atoms with van der Waals surface area (Å²) in [5.41, 5.74) is 1.09. The van der Waals surface area contributed by atoms with Crippen LogP contribution in [0.25, 0.3) is 0 Å². The second-order valence-electron chi connectivity index (χ2n) is 5.68. The molecule has 0 spiro atoms. The monoisotopic (exact) mass is 297 g/mol. The number of fused-ring (bicyclic) bond motifs is 1. The lowest BCUT2D eigenvalue weighted by Gasteiger charge is -2.23. The Kier molecular flexibility index (Phi) is 5.18. The quantitative estimate of drug-likeness (QED) is 0.846. The van der Waals surface area contributed by atoms with Crippen molar-refractivity contribution in [3.8, 4) is 0 Å². The van der Waals surface area contributed by atoms with Gasteiger partial charge in [0, 0.05) is 36.9 Å². The van der Waals surface area contributed by atoms with Gasteiger partial charge in [-0.25, -0.2) is 0 Å². The molecule has 0 radical (unpaired) electrons. The predicted molar refractivity (Wildman–Crippen MR) is 80.4 cm³/mol. The lowest BCUT2D eigenvalue weighted by molar-refractivity contribution is 0.0243. The van der Waals surface area contributed by atoms with E-state index in [1.165, 1.54) is 16.9 Å². The number of thiophene rings is 1. The SMILES string of the molecule is COCCC(C)(O)CNC(=O)c1csc2c1CCCC2. The number of aliphatic hydroxyl groups is 1. The topological polar surface area (TPSA) is 58.6 Å². The second-order valence-corrected chi connectivity index (χ2v) is 6.64. The Morgan fingerprint density at radius 2 is 2.25 bits per heavy atom. The predicted octanol–water partition coefficient (Wildman–Crippen LogP) is 2.14. The van der Waals surface area contributed by atoms with Crippen LogP contribution in [0.2, 0.25) is 0 Å². The van der Waals surface area contributed by atoms with Crippen LogP contribution in [0.15, 0.2) is 5.38 Å². The van der Waals surface area contributed by atoms with Gasteiger partial charge in [-0.1, -0.05) is 0 Å². The zero-order chi connectivity index (χ0) is 14.6. The van der Waals surface area contributed by atoms with E-state index >= 15 is 0 Å². The maximum Gasteiger partial charge on any atom is 0.252 e. The van der Waals surface area contributed by atoms with E-state index in [-0.39, 0.29) is 12.5 Å². The molecule has 1 heterocycles. The zero-order valence-corrected chi connectivity index (χ0v) is 13.0. The summed E-state index contributed by atoms with van der Waals surface area (Å²) in [6.07, 6.45) is 4.99. The van der Waals surface area contributed by atoms with E-state index in [2.05, 4.69) is 5.32 Å². The third kappa shape index (κ3) is 3.81. The molecule has 1 aromatic rings. The number of ether oxygens (including phenoxy) is 1. The summed E-state index contributed by atoms with van der Waals surface area (Å²) in [5, 5.41) is 14.9. The summed E-state index contributed by atoms with van der Waals surface area (Å²) in [4.78, 5) is 13.6. The van der Waals surface area contributed by atoms with Crippen molar-refractivity contribution in [2.75, 3.05) is 20.3 Å². The molecule has 0 aliphatic heterocycles. The van der Waals surface area contributed by atoms with Crippen LogP contribution in [0.4, 0.5) is 0 Å². The molecule has 0 bridgehead atoms. The zero-order valence-electron chi connectivity index (χ0n) is 12.2. The molecule has 0 saturated heterocycles. The molecule has 5 heteroatoms. The van der Waals surface area contributed by atoms with Crippen LogP contribution in [-0.4, -0.2) is 36.9 Å². The number of hydrogen-bond donors (Lipinski definition) is 2. The van der Waals surface area contributed by atoms with Crippen LogP contribution in [0.3, 0.4) is 0 Å². The fourth-order valence-electron chi connectivity index (χ4n) is 2.46. The molecule has 1 atom stereocenters. The van der Waals surface area contributed by atoms with Crippen LogP contribution >= 0.6 is 11.3 Å². The Labute approximate surface area is 124 Å². The largest absolute Gasteiger partial charge is 0.388 e. The maximum atomic E-state index is 12.3. The van der Waals surface area contributed by atoms with Gasteiger partial charge in [0.2, 0.25) is 0 Å². The van der Waals surface area contributed by atoms with E-state index < -0.39 is 5.60 Å². The first kappa shape index (κ1) is 15.5. The third-order valence-electron chi connectivity index (χ3n) is 3.78. The standard InChI is InChI=1S/C15H23NO3S/c1-15(18,7-8-19-2)10-16-14(17)12-9-20-13-6-4-3-5-11(12)13/h9,18H,3-8,10H2,1-2H3,(H,16,17). The Hall–Kier alpha value is -0.910. The first-order valence-corrected chi connectivity index (χ1v) is 8.00. The lowest BCUT2D eigenvalue weighted by atomic mass is 9.95. The van der Waals surface area contributed by atoms with E-state index in [4.69, 9.17) is 4.74 Å². The highest BCUT2D eigenvalue weighted by atomic mass is 32.1. The van der Waals surface area contributed by atoms with Gasteiger partial charge in [-0.3, -0.25) is 4.79 Å². The van der Waals surface area contributed by atoms with Gasteiger partial charge in [-0.2, -0.15) is 0 Å². The van der Waals surface area contributed by atoms with Gasteiger partial charge >= 0.3 is 0 Å². The Bertz CT molecular complexity index is 468. The van der Waals surface area contributed by atoms with E-state index in [0.29, 0.717) is 13.0 Å². The molecule has 1 unspecified atom stereocenters. The number of carbonyl (C=O) groups excluding carboxylic acids is 1. The number of rotatable bonds is 6. The fraction of sp³-hybridized carbons (Fsp3) is 0.667. The van der Waals surface area contributed by atoms with Crippen molar-refractivity contribution in [2.24, 2.45) is 0 Å². The molecule has 2 N–H and O–H groups in total. The molecule has 0 aromatic carbocycles. The normalized spacial score (nSPS) is 17.4. The number of aryl methyl sites for hydroxylation is 1. The average Bonchev–Trinajstić information content (AvgIpc) is 2.87. The number of hydrogen-bond acceptors (Lipinski definition) is 4. The molecule has 112 valence electrons. The highest BCUT2D eigenvalue weighted by Gasteiger charge is 2.24. The van der Waals surface area contributed by atoms with Crippen LogP contribution < -0.4 is 5.32 Å². The van der Waals surface area contributed by atoms with Gasteiger partial charge in [-0.15, -0.1) is 11.3 Å². The molecule has 4 nitrogen and oxygen atoms in total. The highest BCUT2D eigenvalue weighted by molar-refractivity contribution is 7.10. The first-order chi connectivity index (χ1) is 9.53. The summed E-state index contributed by atoms with van der Waals surface area (Å²) < 4.78 is 4.96. The Balaban J connectivity index is 1.93. The molecule has 0 fully saturated rings. The summed E-state index contributed by atoms with van der Waals surface area (Å²) in [7, 11) is 1.60. The van der Waals surface area contributed by atoms with Crippen molar-refractivity contribution in [3.63, 3.8) is 0 Å². The van der Waals surface area contributed by atoms with E-state index in [9.17, 15) is 9.90 Å². The van der Waals surface area contributed by atoms with E-state index in [1.807, 2.05) is 5.38 Å². The molecule has 1 aromatic heterocycles. The molecule has 1 aliphatic rings. The fourth-order valence-corrected chi connectivity index (χ4v) is 3.59. The van der Waals surface area contributed by atoms with Gasteiger partial charge in [0.25, 0.3) is 5.91 Å². The minimum absolute atomic E-state index is 0.0675. The van der Waals surface area contributed by atoms with Gasteiger partial charge < -0.3 is 15.2 Å². The van der Waals surface area contributed by atoms with Crippen molar-refractivity contribution in [1.82, 2.24) is 5.32 Å². The van der Waals surface area contributed by atoms with Crippen molar-refractivity contribution in [2.45, 2.75) is 44.6 Å². The molecule has 1 amide bonds. The molecule has 2 rings (SSSR count). The lowest BCUT2D eigenvalue weighted by Crippen LogP contribution is -2.41. The smallest absolute Gasteiger partial charge is 0.252 e. The Morgan fingerprint density at radius 1 is 1.50 bits per heavy atom. The summed E-state index contributed by atoms with van der Waals surface area (Å²) >= 11 is 1.68. The maximum absolute atomic E-state index is 12.3. The van der Waals surface area contributed by atoms with Crippen molar-refractivity contribution in [3.05, 3.63) is 21.4 Å². The van der Waals surface area contributed by atoms with Crippen molar-refractivity contribution in [1.29, 1.82) is 0 Å². The summed E-state index contributed by atoms with van der Waals surface area (Å²) in [5.74, 6) is -0.0675. The minimum atomic E-state index is -0.929. The minimum Gasteiger partial charge on any atom is -0.388 e. The third-order valence-corrected chi connectivity index (χ3v) is 4.87. The number of methoxy groups -OCH3 is 1. The molecular formula is C15H23NO3S. The molecule has 0 saturated carbocycles. The van der Waals surface area contributed by atoms with Crippen molar-refractivity contribution >= 4 is 17.2 Å². The van der Waals surface area contributed by atoms with Gasteiger partial charge in [0.15, 0.2) is 0 Å². The summed E-state index contributed by atoms with van der Waals surface area (Å²) in [6.45, 7) is 2.45. The van der Waals surface area contributed by atoms with Gasteiger partial charge in [0.05, 0.1) is 11.2 Å². The second kappa shape index (κ2) is 6.70. The highest BCUT2D eigenvalue weighted by Crippen LogP contribution is 2.30. The van der Waals surface area contributed by atoms with Crippen LogP contribution in [-0.2, 0) is 17.6 Å². The summed E-state index contributed by atoms with van der Waals surface area (Å²) in [6, 6.07) is 0. The van der Waals surface area contributed by atoms with Crippen molar-refractivity contribution < 1.29 is 14.6 Å². The average molecular weight is 297 g/mol. The molecular weight excluding hydrogens is 274 g/mol. The van der Waals surface area contributed by atoms with Crippen LogP contribution in [0.1, 0.15) is 47.0 Å². The number of nitrogens with one attached hydrogen (secondary N) is 1.